The Hall–Kier alpha value is -3.53. The molecule has 10 heteroatoms. The molecule has 0 spiro atoms. The molecule has 1 N–H and O–H groups in total. The molecular formula is C25H26N4O5S. The summed E-state index contributed by atoms with van der Waals surface area (Å²) < 4.78 is 36.4. The number of hydrogen-bond donors (Lipinski definition) is 1. The van der Waals surface area contributed by atoms with Gasteiger partial charge >= 0.3 is 6.01 Å². The van der Waals surface area contributed by atoms with Crippen molar-refractivity contribution >= 4 is 15.7 Å². The van der Waals surface area contributed by atoms with Crippen LogP contribution in [0.1, 0.15) is 41.6 Å². The highest BCUT2D eigenvalue weighted by molar-refractivity contribution is 7.92. The molecule has 9 nitrogen and oxygen atoms in total. The third-order valence-electron chi connectivity index (χ3n) is 6.51. The van der Waals surface area contributed by atoms with Gasteiger partial charge in [0.1, 0.15) is 12.4 Å². The van der Waals surface area contributed by atoms with E-state index in [0.717, 1.165) is 35.3 Å². The predicted molar refractivity (Wildman–Crippen MR) is 128 cm³/mol. The van der Waals surface area contributed by atoms with Crippen molar-refractivity contribution in [3.63, 3.8) is 0 Å². The van der Waals surface area contributed by atoms with Crippen LogP contribution in [0.4, 0.5) is 0 Å². The minimum absolute atomic E-state index is 0.0298. The van der Waals surface area contributed by atoms with Crippen LogP contribution in [0.3, 0.4) is 0 Å². The van der Waals surface area contributed by atoms with Crippen molar-refractivity contribution in [2.45, 2.75) is 48.4 Å². The third kappa shape index (κ3) is 4.70. The lowest BCUT2D eigenvalue weighted by Crippen LogP contribution is -2.43. The molecule has 1 fully saturated rings. The molecule has 2 aliphatic rings. The maximum absolute atomic E-state index is 12.9. The van der Waals surface area contributed by atoms with Crippen molar-refractivity contribution in [2.75, 3.05) is 13.7 Å². The minimum Gasteiger partial charge on any atom is -0.491 e. The molecule has 1 saturated carbocycles. The van der Waals surface area contributed by atoms with E-state index < -0.39 is 9.84 Å². The Kier molecular flexibility index (Phi) is 6.38. The van der Waals surface area contributed by atoms with E-state index in [9.17, 15) is 13.2 Å². The Labute approximate surface area is 203 Å². The molecule has 0 bridgehead atoms. The lowest BCUT2D eigenvalue weighted by Gasteiger charge is -2.28. The number of fused-ring (bicyclic) bond motifs is 1. The van der Waals surface area contributed by atoms with Gasteiger partial charge in [0.05, 0.1) is 24.0 Å². The Morgan fingerprint density at radius 2 is 1.83 bits per heavy atom. The van der Waals surface area contributed by atoms with Crippen LogP contribution in [0.25, 0.3) is 11.1 Å². The maximum atomic E-state index is 12.9. The summed E-state index contributed by atoms with van der Waals surface area (Å²) in [5.41, 5.74) is 3.00. The summed E-state index contributed by atoms with van der Waals surface area (Å²) in [5.74, 6) is 0.427. The van der Waals surface area contributed by atoms with Crippen LogP contribution < -0.4 is 14.8 Å². The van der Waals surface area contributed by atoms with Gasteiger partial charge in [-0.2, -0.15) is 0 Å². The van der Waals surface area contributed by atoms with Crippen molar-refractivity contribution in [2.24, 2.45) is 0 Å². The molecule has 0 unspecified atom stereocenters. The summed E-state index contributed by atoms with van der Waals surface area (Å²) in [6, 6.07) is 8.73. The zero-order chi connectivity index (χ0) is 24.4. The smallest absolute Gasteiger partial charge is 0.316 e. The van der Waals surface area contributed by atoms with Crippen molar-refractivity contribution in [3.05, 3.63) is 60.0 Å². The van der Waals surface area contributed by atoms with Gasteiger partial charge in [-0.1, -0.05) is 25.0 Å². The van der Waals surface area contributed by atoms with Crippen LogP contribution in [0, 0.1) is 0 Å². The molecule has 1 aliphatic heterocycles. The number of hydrogen-bond acceptors (Lipinski definition) is 8. The first-order chi connectivity index (χ1) is 17.0. The van der Waals surface area contributed by atoms with Gasteiger partial charge in [-0.3, -0.25) is 4.79 Å². The second kappa shape index (κ2) is 9.61. The number of benzene rings is 1. The van der Waals surface area contributed by atoms with E-state index in [4.69, 9.17) is 9.47 Å². The first-order valence-electron chi connectivity index (χ1n) is 11.6. The summed E-state index contributed by atoms with van der Waals surface area (Å²) in [7, 11) is -1.95. The van der Waals surface area contributed by atoms with Crippen molar-refractivity contribution < 1.29 is 22.7 Å². The van der Waals surface area contributed by atoms with Crippen molar-refractivity contribution in [3.8, 4) is 22.9 Å². The van der Waals surface area contributed by atoms with E-state index >= 15 is 0 Å². The Morgan fingerprint density at radius 3 is 2.51 bits per heavy atom. The van der Waals surface area contributed by atoms with Crippen LogP contribution in [0.2, 0.25) is 0 Å². The molecule has 0 saturated heterocycles. The lowest BCUT2D eigenvalue weighted by molar-refractivity contribution is 0.0915. The van der Waals surface area contributed by atoms with Crippen LogP contribution in [0.5, 0.6) is 11.8 Å². The van der Waals surface area contributed by atoms with E-state index in [2.05, 4.69) is 20.3 Å². The largest absolute Gasteiger partial charge is 0.491 e. The molecule has 3 heterocycles. The predicted octanol–water partition coefficient (Wildman–Crippen LogP) is 3.00. The third-order valence-corrected chi connectivity index (χ3v) is 8.69. The second-order valence-electron chi connectivity index (χ2n) is 8.76. The summed E-state index contributed by atoms with van der Waals surface area (Å²) in [5, 5.41) is 2.64. The summed E-state index contributed by atoms with van der Waals surface area (Å²) in [4.78, 5) is 25.4. The van der Waals surface area contributed by atoms with E-state index in [0.29, 0.717) is 31.4 Å². The zero-order valence-electron chi connectivity index (χ0n) is 19.3. The lowest BCUT2D eigenvalue weighted by atomic mass is 9.94. The van der Waals surface area contributed by atoms with E-state index in [1.54, 1.807) is 12.4 Å². The topological polar surface area (TPSA) is 120 Å². The molecule has 2 aromatic heterocycles. The van der Waals surface area contributed by atoms with Gasteiger partial charge in [0.25, 0.3) is 5.91 Å². The van der Waals surface area contributed by atoms with E-state index in [1.165, 1.54) is 25.4 Å². The van der Waals surface area contributed by atoms with Gasteiger partial charge in [0.2, 0.25) is 0 Å². The zero-order valence-corrected chi connectivity index (χ0v) is 20.1. The molecular weight excluding hydrogens is 468 g/mol. The molecule has 1 amide bonds. The fourth-order valence-corrected chi connectivity index (χ4v) is 6.40. The van der Waals surface area contributed by atoms with Gasteiger partial charge in [-0.25, -0.2) is 23.4 Å². The minimum atomic E-state index is -3.46. The average molecular weight is 495 g/mol. The molecule has 1 aliphatic carbocycles. The summed E-state index contributed by atoms with van der Waals surface area (Å²) >= 11 is 0. The van der Waals surface area contributed by atoms with Crippen molar-refractivity contribution in [1.82, 2.24) is 20.3 Å². The average Bonchev–Trinajstić information content (AvgIpc) is 3.45. The normalized spacial score (nSPS) is 17.9. The first-order valence-corrected chi connectivity index (χ1v) is 13.1. The molecule has 1 aromatic carbocycles. The number of amides is 1. The first kappa shape index (κ1) is 23.2. The molecule has 0 radical (unpaired) electrons. The van der Waals surface area contributed by atoms with Crippen LogP contribution in [-0.4, -0.2) is 54.3 Å². The number of carbonyl (C=O) groups excluding carboxylic acids is 1. The summed E-state index contributed by atoms with van der Waals surface area (Å²) in [6.07, 6.45) is 8.45. The second-order valence-corrected chi connectivity index (χ2v) is 10.9. The van der Waals surface area contributed by atoms with Crippen LogP contribution >= 0.6 is 0 Å². The highest BCUT2D eigenvalue weighted by Gasteiger charge is 2.31. The molecule has 3 aromatic rings. The van der Waals surface area contributed by atoms with Gasteiger partial charge in [0.15, 0.2) is 14.9 Å². The maximum Gasteiger partial charge on any atom is 0.316 e. The fourth-order valence-electron chi connectivity index (χ4n) is 4.65. The van der Waals surface area contributed by atoms with Gasteiger partial charge in [0, 0.05) is 36.1 Å². The van der Waals surface area contributed by atoms with Crippen LogP contribution in [0.15, 0.2) is 53.9 Å². The number of sulfone groups is 1. The number of pyridine rings is 1. The van der Waals surface area contributed by atoms with Crippen molar-refractivity contribution in [1.29, 1.82) is 0 Å². The number of methoxy groups -OCH3 is 1. The molecule has 182 valence electrons. The fraction of sp³-hybridized carbons (Fsp3) is 0.360. The van der Waals surface area contributed by atoms with Gasteiger partial charge in [-0.15, -0.1) is 0 Å². The molecule has 35 heavy (non-hydrogen) atoms. The van der Waals surface area contributed by atoms with E-state index in [-0.39, 0.29) is 28.2 Å². The number of nitrogens with one attached hydrogen (secondary N) is 1. The number of ether oxygens (including phenoxy) is 2. The Bertz CT molecular complexity index is 1320. The number of aromatic nitrogens is 3. The highest BCUT2D eigenvalue weighted by Crippen LogP contribution is 2.34. The SMILES string of the molecule is COc1ncc(-c2cccc3c2C[C@H](NC(=O)c2ccc(S(=O)(=O)C4CCCC4)nc2)CO3)cn1. The van der Waals surface area contributed by atoms with Gasteiger partial charge < -0.3 is 14.8 Å². The quantitative estimate of drug-likeness (QED) is 0.555. The standard InChI is InChI=1S/C25H26N4O5S/c1-33-25-27-13-17(14-28-25)20-7-4-8-22-21(20)11-18(15-34-22)29-24(30)16-9-10-23(26-12-16)35(31,32)19-5-2-3-6-19/h4,7-10,12-14,18-19H,2-3,5-6,11,15H2,1H3,(H,29,30)/t18-/m0/s1. The molecule has 1 atom stereocenters. The van der Waals surface area contributed by atoms with Crippen LogP contribution in [-0.2, 0) is 16.3 Å². The van der Waals surface area contributed by atoms with E-state index in [1.807, 2.05) is 18.2 Å². The Morgan fingerprint density at radius 1 is 1.06 bits per heavy atom. The highest BCUT2D eigenvalue weighted by atomic mass is 32.2. The Balaban J connectivity index is 1.30. The number of carbonyl (C=O) groups is 1. The summed E-state index contributed by atoms with van der Waals surface area (Å²) in [6.45, 7) is 0.322. The number of rotatable bonds is 6. The number of nitrogens with zero attached hydrogens (tertiary/aromatic N) is 3. The monoisotopic (exact) mass is 494 g/mol. The molecule has 5 rings (SSSR count). The van der Waals surface area contributed by atoms with Gasteiger partial charge in [-0.05, 0) is 36.6 Å².